The third-order valence-electron chi connectivity index (χ3n) is 5.99. The number of thioether (sulfide) groups is 1. The molecule has 0 radical (unpaired) electrons. The summed E-state index contributed by atoms with van der Waals surface area (Å²) in [7, 11) is 1.29. The number of hydrogen-bond donors (Lipinski definition) is 2. The Morgan fingerprint density at radius 2 is 1.83 bits per heavy atom. The van der Waals surface area contributed by atoms with Gasteiger partial charge in [0, 0.05) is 27.0 Å². The zero-order chi connectivity index (χ0) is 30.6. The molecule has 0 saturated heterocycles. The highest BCUT2D eigenvalue weighted by Gasteiger charge is 2.32. The molecule has 2 aromatic carbocycles. The molecule has 0 aliphatic carbocycles. The van der Waals surface area contributed by atoms with Gasteiger partial charge < -0.3 is 25.0 Å². The molecule has 3 amide bonds. The Labute approximate surface area is 261 Å². The average molecular weight is 651 g/mol. The first-order valence-corrected chi connectivity index (χ1v) is 15.4. The van der Waals surface area contributed by atoms with Crippen molar-refractivity contribution in [2.45, 2.75) is 44.2 Å². The second-order valence-electron chi connectivity index (χ2n) is 10.3. The molecular formula is C29H29Cl2N3O6S2. The second-order valence-corrected chi connectivity index (χ2v) is 13.3. The van der Waals surface area contributed by atoms with Gasteiger partial charge in [0.2, 0.25) is 5.91 Å². The molecule has 0 unspecified atom stereocenters. The first kappa shape index (κ1) is 31.7. The van der Waals surface area contributed by atoms with E-state index in [1.807, 2.05) is 6.07 Å². The molecule has 0 bridgehead atoms. The second kappa shape index (κ2) is 13.4. The van der Waals surface area contributed by atoms with E-state index in [2.05, 4.69) is 10.6 Å². The number of esters is 1. The minimum Gasteiger partial charge on any atom is -0.465 e. The SMILES string of the molecule is COC(=O)c1c(NC(=O)CSc2cccc(NC(=O)c3ccc(Cl)cc3Cl)c2)sc2c1CCN(C(=O)OC(C)(C)C)C2. The lowest BCUT2D eigenvalue weighted by molar-refractivity contribution is -0.113. The van der Waals surface area contributed by atoms with Crippen LogP contribution in [-0.2, 0) is 27.2 Å². The van der Waals surface area contributed by atoms with Crippen molar-refractivity contribution in [2.24, 2.45) is 0 Å². The van der Waals surface area contributed by atoms with Gasteiger partial charge in [-0.15, -0.1) is 23.1 Å². The van der Waals surface area contributed by atoms with Crippen LogP contribution in [0.3, 0.4) is 0 Å². The van der Waals surface area contributed by atoms with Crippen LogP contribution < -0.4 is 10.6 Å². The molecule has 42 heavy (non-hydrogen) atoms. The molecular weight excluding hydrogens is 621 g/mol. The van der Waals surface area contributed by atoms with E-state index in [-0.39, 0.29) is 28.8 Å². The number of methoxy groups -OCH3 is 1. The van der Waals surface area contributed by atoms with Gasteiger partial charge in [-0.2, -0.15) is 0 Å². The summed E-state index contributed by atoms with van der Waals surface area (Å²) in [5.74, 6) is -1.22. The van der Waals surface area contributed by atoms with Crippen LogP contribution in [0.4, 0.5) is 15.5 Å². The predicted octanol–water partition coefficient (Wildman–Crippen LogP) is 7.12. The van der Waals surface area contributed by atoms with Crippen molar-refractivity contribution in [3.8, 4) is 0 Å². The monoisotopic (exact) mass is 649 g/mol. The standard InChI is InChI=1S/C29H29Cl2N3O6S2/c1-29(2,3)40-28(38)34-11-10-20-22(14-34)42-26(24(20)27(37)39-4)33-23(35)15-41-18-7-5-6-17(13-18)32-25(36)19-9-8-16(30)12-21(19)31/h5-9,12-13H,10-11,14-15H2,1-4H3,(H,32,36)(H,33,35). The highest BCUT2D eigenvalue weighted by atomic mass is 35.5. The lowest BCUT2D eigenvalue weighted by atomic mass is 10.0. The molecule has 0 fully saturated rings. The maximum Gasteiger partial charge on any atom is 0.410 e. The van der Waals surface area contributed by atoms with E-state index in [4.69, 9.17) is 32.7 Å². The number of hydrogen-bond acceptors (Lipinski definition) is 8. The Hall–Kier alpha value is -3.25. The Kier molecular flexibility index (Phi) is 10.1. The van der Waals surface area contributed by atoms with Crippen LogP contribution in [0.25, 0.3) is 0 Å². The number of benzene rings is 2. The van der Waals surface area contributed by atoms with Gasteiger partial charge in [0.15, 0.2) is 0 Å². The zero-order valence-electron chi connectivity index (χ0n) is 23.3. The maximum atomic E-state index is 12.9. The molecule has 1 aliphatic heterocycles. The van der Waals surface area contributed by atoms with Crippen molar-refractivity contribution in [2.75, 3.05) is 30.0 Å². The van der Waals surface area contributed by atoms with E-state index < -0.39 is 23.6 Å². The average Bonchev–Trinajstić information content (AvgIpc) is 3.27. The summed E-state index contributed by atoms with van der Waals surface area (Å²) in [5.41, 5.74) is 1.26. The number of amides is 3. The fourth-order valence-corrected chi connectivity index (χ4v) is 6.66. The third-order valence-corrected chi connectivity index (χ3v) is 8.66. The van der Waals surface area contributed by atoms with Crippen LogP contribution in [0, 0.1) is 0 Å². The Morgan fingerprint density at radius 3 is 2.52 bits per heavy atom. The van der Waals surface area contributed by atoms with Crippen LogP contribution in [0.15, 0.2) is 47.4 Å². The molecule has 9 nitrogen and oxygen atoms in total. The number of fused-ring (bicyclic) bond motifs is 1. The van der Waals surface area contributed by atoms with Gasteiger partial charge in [0.05, 0.1) is 35.6 Å². The normalized spacial score (nSPS) is 12.8. The van der Waals surface area contributed by atoms with Crippen molar-refractivity contribution >= 4 is 80.9 Å². The number of nitrogens with one attached hydrogen (secondary N) is 2. The smallest absolute Gasteiger partial charge is 0.410 e. The fourth-order valence-electron chi connectivity index (χ4n) is 4.14. The molecule has 0 spiro atoms. The number of halogens is 2. The Morgan fingerprint density at radius 1 is 1.07 bits per heavy atom. The van der Waals surface area contributed by atoms with Gasteiger partial charge in [-0.05, 0) is 69.2 Å². The largest absolute Gasteiger partial charge is 0.465 e. The zero-order valence-corrected chi connectivity index (χ0v) is 26.5. The predicted molar refractivity (Wildman–Crippen MR) is 166 cm³/mol. The first-order valence-electron chi connectivity index (χ1n) is 12.8. The van der Waals surface area contributed by atoms with Crippen LogP contribution in [0.2, 0.25) is 10.0 Å². The number of carbonyl (C=O) groups is 4. The van der Waals surface area contributed by atoms with Crippen molar-refractivity contribution in [1.82, 2.24) is 4.90 Å². The third kappa shape index (κ3) is 7.97. The minimum absolute atomic E-state index is 0.0492. The van der Waals surface area contributed by atoms with Crippen molar-refractivity contribution in [1.29, 1.82) is 0 Å². The number of anilines is 2. The lowest BCUT2D eigenvalue weighted by Crippen LogP contribution is -2.39. The van der Waals surface area contributed by atoms with E-state index in [9.17, 15) is 19.2 Å². The number of ether oxygens (including phenoxy) is 2. The summed E-state index contributed by atoms with van der Waals surface area (Å²) >= 11 is 14.6. The molecule has 1 aliphatic rings. The summed E-state index contributed by atoms with van der Waals surface area (Å²) in [5, 5.41) is 6.68. The quantitative estimate of drug-likeness (QED) is 0.207. The molecule has 13 heteroatoms. The van der Waals surface area contributed by atoms with Gasteiger partial charge in [0.1, 0.15) is 10.6 Å². The fraction of sp³-hybridized carbons (Fsp3) is 0.310. The molecule has 1 aromatic heterocycles. The van der Waals surface area contributed by atoms with Crippen LogP contribution >= 0.6 is 46.3 Å². The molecule has 4 rings (SSSR count). The lowest BCUT2D eigenvalue weighted by Gasteiger charge is -2.30. The summed E-state index contributed by atoms with van der Waals surface area (Å²) in [4.78, 5) is 54.0. The van der Waals surface area contributed by atoms with Gasteiger partial charge in [0.25, 0.3) is 5.91 Å². The van der Waals surface area contributed by atoms with E-state index >= 15 is 0 Å². The van der Waals surface area contributed by atoms with E-state index in [1.165, 1.54) is 36.3 Å². The number of thiophene rings is 1. The Bertz CT molecular complexity index is 1540. The van der Waals surface area contributed by atoms with Crippen molar-refractivity contribution in [3.63, 3.8) is 0 Å². The van der Waals surface area contributed by atoms with Crippen molar-refractivity contribution in [3.05, 3.63) is 74.1 Å². The Balaban J connectivity index is 1.41. The summed E-state index contributed by atoms with van der Waals surface area (Å²) in [6, 6.07) is 11.7. The van der Waals surface area contributed by atoms with Gasteiger partial charge in [-0.1, -0.05) is 29.3 Å². The topological polar surface area (TPSA) is 114 Å². The summed E-state index contributed by atoms with van der Waals surface area (Å²) in [6.45, 7) is 6.05. The molecule has 2 heterocycles. The molecule has 2 N–H and O–H groups in total. The molecule has 0 atom stereocenters. The first-order chi connectivity index (χ1) is 19.8. The number of rotatable bonds is 7. The van der Waals surface area contributed by atoms with E-state index in [1.54, 1.807) is 56.0 Å². The summed E-state index contributed by atoms with van der Waals surface area (Å²) < 4.78 is 10.5. The van der Waals surface area contributed by atoms with Crippen molar-refractivity contribution < 1.29 is 28.7 Å². The number of nitrogens with zero attached hydrogens (tertiary/aromatic N) is 1. The van der Waals surface area contributed by atoms with E-state index in [0.29, 0.717) is 34.2 Å². The van der Waals surface area contributed by atoms with Gasteiger partial charge in [-0.25, -0.2) is 9.59 Å². The van der Waals surface area contributed by atoms with Crippen LogP contribution in [0.5, 0.6) is 0 Å². The molecule has 222 valence electrons. The minimum atomic E-state index is -0.629. The van der Waals surface area contributed by atoms with Gasteiger partial charge in [-0.3, -0.25) is 9.59 Å². The van der Waals surface area contributed by atoms with Gasteiger partial charge >= 0.3 is 12.1 Å². The van der Waals surface area contributed by atoms with Crippen LogP contribution in [0.1, 0.15) is 51.9 Å². The highest BCUT2D eigenvalue weighted by molar-refractivity contribution is 8.00. The molecule has 3 aromatic rings. The number of carbonyl (C=O) groups excluding carboxylic acids is 4. The van der Waals surface area contributed by atoms with E-state index in [0.717, 1.165) is 15.3 Å². The highest BCUT2D eigenvalue weighted by Crippen LogP contribution is 2.38. The van der Waals surface area contributed by atoms with Crippen LogP contribution in [-0.4, -0.2) is 53.8 Å². The molecule has 0 saturated carbocycles. The maximum absolute atomic E-state index is 12.9. The summed E-state index contributed by atoms with van der Waals surface area (Å²) in [6.07, 6.45) is -0.00213.